The SMILES string of the molecule is O=[N+]([O-])c1cc([N+](=O)[O-])c(NN(c2ccccc2)c2ccccc2)c([N+](=O)[O-])c1.O=[N+]([O-])c1cc([N+](=O)[O-])c(NN(c2ccccc2)c2ccccc2)c([N+](=O)[O-])c1.[HH]. The van der Waals surface area contributed by atoms with Crippen LogP contribution in [0.15, 0.2) is 146 Å². The van der Waals surface area contributed by atoms with Gasteiger partial charge in [-0.25, -0.2) is 0 Å². The number of benzene rings is 6. The number of rotatable bonds is 14. The first kappa shape index (κ1) is 40.1. The van der Waals surface area contributed by atoms with Crippen LogP contribution in [-0.2, 0) is 0 Å². The maximum atomic E-state index is 11.5. The Labute approximate surface area is 326 Å². The lowest BCUT2D eigenvalue weighted by atomic mass is 10.2. The zero-order chi connectivity index (χ0) is 41.9. The third-order valence-electron chi connectivity index (χ3n) is 7.88. The Morgan fingerprint density at radius 3 is 0.724 bits per heavy atom. The van der Waals surface area contributed by atoms with Crippen LogP contribution >= 0.6 is 0 Å². The molecule has 22 heteroatoms. The van der Waals surface area contributed by atoms with E-state index in [4.69, 9.17) is 0 Å². The van der Waals surface area contributed by atoms with Gasteiger partial charge in [0.1, 0.15) is 0 Å². The van der Waals surface area contributed by atoms with Crippen LogP contribution in [0.2, 0.25) is 0 Å². The van der Waals surface area contributed by atoms with E-state index in [0.717, 1.165) is 0 Å². The van der Waals surface area contributed by atoms with Crippen LogP contribution in [0.3, 0.4) is 0 Å². The van der Waals surface area contributed by atoms with E-state index in [1.165, 1.54) is 10.0 Å². The van der Waals surface area contributed by atoms with E-state index in [1.807, 2.05) is 0 Å². The number of nitro benzene ring substituents is 6. The molecule has 0 heterocycles. The molecule has 294 valence electrons. The average Bonchev–Trinajstić information content (AvgIpc) is 3.22. The van der Waals surface area contributed by atoms with Gasteiger partial charge in [0.25, 0.3) is 11.4 Å². The second kappa shape index (κ2) is 17.8. The fourth-order valence-electron chi connectivity index (χ4n) is 5.30. The molecule has 0 aliphatic rings. The van der Waals surface area contributed by atoms with Crippen molar-refractivity contribution < 1.29 is 31.0 Å². The Morgan fingerprint density at radius 2 is 0.552 bits per heavy atom. The van der Waals surface area contributed by atoms with Gasteiger partial charge in [0.2, 0.25) is 11.4 Å². The molecule has 0 spiro atoms. The minimum Gasteiger partial charge on any atom is -0.282 e. The number of nitrogens with one attached hydrogen (secondary N) is 2. The third-order valence-corrected chi connectivity index (χ3v) is 7.88. The Hall–Kier alpha value is -9.08. The van der Waals surface area contributed by atoms with Crippen molar-refractivity contribution >= 4 is 68.2 Å². The lowest BCUT2D eigenvalue weighted by Crippen LogP contribution is -2.25. The third kappa shape index (κ3) is 9.34. The Kier molecular flexibility index (Phi) is 12.3. The molecule has 0 amide bonds. The summed E-state index contributed by atoms with van der Waals surface area (Å²) in [6.45, 7) is 0. The summed E-state index contributed by atoms with van der Waals surface area (Å²) in [5.41, 5.74) is 1.97. The maximum absolute atomic E-state index is 11.5. The number of hydrazine groups is 2. The maximum Gasteiger partial charge on any atom is 0.308 e. The van der Waals surface area contributed by atoms with Gasteiger partial charge in [-0.3, -0.25) is 81.6 Å². The van der Waals surface area contributed by atoms with Gasteiger partial charge >= 0.3 is 22.7 Å². The molecular weight excluding hydrogens is 764 g/mol. The first-order valence-corrected chi connectivity index (χ1v) is 16.3. The highest BCUT2D eigenvalue weighted by Crippen LogP contribution is 2.42. The van der Waals surface area contributed by atoms with E-state index in [0.29, 0.717) is 47.0 Å². The van der Waals surface area contributed by atoms with E-state index in [-0.39, 0.29) is 1.43 Å². The lowest BCUT2D eigenvalue weighted by molar-refractivity contribution is -0.402. The summed E-state index contributed by atoms with van der Waals surface area (Å²) < 4.78 is 0. The van der Waals surface area contributed by atoms with Gasteiger partial charge in [0, 0.05) is 1.43 Å². The largest absolute Gasteiger partial charge is 0.308 e. The monoisotopic (exact) mass is 792 g/mol. The Morgan fingerprint density at radius 1 is 0.345 bits per heavy atom. The highest BCUT2D eigenvalue weighted by atomic mass is 16.6. The molecule has 0 saturated carbocycles. The van der Waals surface area contributed by atoms with Gasteiger partial charge in [-0.2, -0.15) is 0 Å². The summed E-state index contributed by atoms with van der Waals surface area (Å²) in [7, 11) is 0. The molecule has 0 bridgehead atoms. The molecule has 0 radical (unpaired) electrons. The Balaban J connectivity index is 0.000000256. The molecule has 2 N–H and O–H groups in total. The molecule has 6 aromatic carbocycles. The molecular formula is C36H28N10O12. The lowest BCUT2D eigenvalue weighted by Gasteiger charge is -2.26. The number of para-hydroxylation sites is 4. The summed E-state index contributed by atoms with van der Waals surface area (Å²) in [4.78, 5) is 62.8. The molecule has 0 aromatic heterocycles. The number of hydrogen-bond acceptors (Lipinski definition) is 16. The van der Waals surface area contributed by atoms with Crippen molar-refractivity contribution in [1.29, 1.82) is 0 Å². The topological polar surface area (TPSA) is 289 Å². The summed E-state index contributed by atoms with van der Waals surface area (Å²) >= 11 is 0. The predicted octanol–water partition coefficient (Wildman–Crippen LogP) is 9.40. The van der Waals surface area contributed by atoms with Crippen LogP contribution in [-0.4, -0.2) is 29.5 Å². The minimum atomic E-state index is -0.921. The Bertz CT molecular complexity index is 2180. The summed E-state index contributed by atoms with van der Waals surface area (Å²) in [5.74, 6) is 0. The number of nitrogens with zero attached hydrogens (tertiary/aromatic N) is 8. The van der Waals surface area contributed by atoms with Crippen LogP contribution in [0.4, 0.5) is 68.2 Å². The van der Waals surface area contributed by atoms with Crippen LogP contribution < -0.4 is 20.9 Å². The average molecular weight is 793 g/mol. The molecule has 0 aliphatic carbocycles. The van der Waals surface area contributed by atoms with Crippen LogP contribution in [0.5, 0.6) is 0 Å². The van der Waals surface area contributed by atoms with E-state index in [9.17, 15) is 60.7 Å². The van der Waals surface area contributed by atoms with Crippen molar-refractivity contribution in [3.8, 4) is 0 Å². The van der Waals surface area contributed by atoms with Gasteiger partial charge in [-0.15, -0.1) is 0 Å². The number of non-ortho nitro benzene ring substituents is 2. The van der Waals surface area contributed by atoms with Crippen molar-refractivity contribution in [2.75, 3.05) is 20.9 Å². The molecule has 22 nitrogen and oxygen atoms in total. The van der Waals surface area contributed by atoms with E-state index < -0.39 is 75.0 Å². The van der Waals surface area contributed by atoms with Gasteiger partial charge in [-0.05, 0) is 48.5 Å². The molecule has 0 saturated heterocycles. The smallest absolute Gasteiger partial charge is 0.282 e. The molecule has 6 rings (SSSR count). The zero-order valence-corrected chi connectivity index (χ0v) is 29.3. The summed E-state index contributed by atoms with van der Waals surface area (Å²) in [6.07, 6.45) is 0. The molecule has 6 aromatic rings. The van der Waals surface area contributed by atoms with Crippen molar-refractivity contribution in [2.45, 2.75) is 0 Å². The molecule has 58 heavy (non-hydrogen) atoms. The first-order valence-electron chi connectivity index (χ1n) is 16.3. The number of hydrogen-bond donors (Lipinski definition) is 2. The summed E-state index contributed by atoms with van der Waals surface area (Å²) in [5, 5.41) is 71.1. The zero-order valence-electron chi connectivity index (χ0n) is 29.3. The molecule has 0 atom stereocenters. The quantitative estimate of drug-likeness (QED) is 0.0766. The fraction of sp³-hybridized carbons (Fsp3) is 0. The van der Waals surface area contributed by atoms with Crippen LogP contribution in [0.25, 0.3) is 0 Å². The highest BCUT2D eigenvalue weighted by Gasteiger charge is 2.33. The van der Waals surface area contributed by atoms with Crippen molar-refractivity contribution in [3.63, 3.8) is 0 Å². The van der Waals surface area contributed by atoms with Gasteiger partial charge in [-0.1, -0.05) is 72.8 Å². The van der Waals surface area contributed by atoms with Gasteiger partial charge in [0.15, 0.2) is 0 Å². The standard InChI is InChI=1S/2C18H13N5O6.H2/c2*24-21(25)15-11-16(22(26)27)18(17(12-15)23(28)29)19-20(13-7-3-1-4-8-13)14-9-5-2-6-10-14;/h2*1-12,19H;1H. The number of nitro groups is 6. The minimum absolute atomic E-state index is 0. The molecule has 0 aliphatic heterocycles. The highest BCUT2D eigenvalue weighted by molar-refractivity contribution is 5.82. The van der Waals surface area contributed by atoms with Gasteiger partial charge in [0.05, 0.1) is 76.6 Å². The number of anilines is 6. The molecule has 0 fully saturated rings. The van der Waals surface area contributed by atoms with Crippen LogP contribution in [0, 0.1) is 60.7 Å². The van der Waals surface area contributed by atoms with E-state index >= 15 is 0 Å². The second-order valence-electron chi connectivity index (χ2n) is 11.5. The van der Waals surface area contributed by atoms with Crippen molar-refractivity contribution in [3.05, 3.63) is 206 Å². The normalized spacial score (nSPS) is 10.2. The fourth-order valence-corrected chi connectivity index (χ4v) is 5.30. The van der Waals surface area contributed by atoms with E-state index in [1.54, 1.807) is 121 Å². The van der Waals surface area contributed by atoms with E-state index in [2.05, 4.69) is 10.9 Å². The first-order chi connectivity index (χ1) is 27.8. The second-order valence-corrected chi connectivity index (χ2v) is 11.5. The van der Waals surface area contributed by atoms with Crippen molar-refractivity contribution in [1.82, 2.24) is 0 Å². The molecule has 0 unspecified atom stereocenters. The van der Waals surface area contributed by atoms with Crippen molar-refractivity contribution in [2.24, 2.45) is 0 Å². The summed E-state index contributed by atoms with van der Waals surface area (Å²) in [6, 6.07) is 37.2. The van der Waals surface area contributed by atoms with Crippen LogP contribution in [0.1, 0.15) is 1.43 Å². The predicted molar refractivity (Wildman–Crippen MR) is 212 cm³/mol. The van der Waals surface area contributed by atoms with Gasteiger partial charge < -0.3 is 0 Å².